The Balaban J connectivity index is 2.09. The Morgan fingerprint density at radius 1 is 1.50 bits per heavy atom. The van der Waals surface area contributed by atoms with Gasteiger partial charge >= 0.3 is 5.97 Å². The number of nitro groups is 1. The van der Waals surface area contributed by atoms with Gasteiger partial charge in [-0.15, -0.1) is 0 Å². The summed E-state index contributed by atoms with van der Waals surface area (Å²) in [6, 6.07) is 3.78. The van der Waals surface area contributed by atoms with Crippen LogP contribution in [0.5, 0.6) is 0 Å². The minimum Gasteiger partial charge on any atom is -0.478 e. The van der Waals surface area contributed by atoms with E-state index in [4.69, 9.17) is 14.6 Å². The second-order valence-electron chi connectivity index (χ2n) is 4.51. The molecule has 1 saturated heterocycles. The van der Waals surface area contributed by atoms with Gasteiger partial charge in [-0.05, 0) is 31.4 Å². The normalized spacial score (nSPS) is 18.7. The first-order chi connectivity index (χ1) is 9.58. The molecule has 0 radical (unpaired) electrons. The molecule has 1 heterocycles. The summed E-state index contributed by atoms with van der Waals surface area (Å²) in [5.74, 6) is -1.20. The molecule has 0 aliphatic carbocycles. The number of carboxylic acid groups (broad SMARTS) is 1. The summed E-state index contributed by atoms with van der Waals surface area (Å²) in [6.45, 7) is 0.658. The van der Waals surface area contributed by atoms with Crippen LogP contribution in [0.15, 0.2) is 18.2 Å². The van der Waals surface area contributed by atoms with Gasteiger partial charge in [0, 0.05) is 12.7 Å². The Morgan fingerprint density at radius 3 is 2.90 bits per heavy atom. The zero-order valence-electron chi connectivity index (χ0n) is 10.8. The number of nitro benzene ring substituents is 1. The van der Waals surface area contributed by atoms with Crippen molar-refractivity contribution in [2.75, 3.05) is 6.61 Å². The molecule has 0 aromatic heterocycles. The highest BCUT2D eigenvalue weighted by Crippen LogP contribution is 2.23. The lowest BCUT2D eigenvalue weighted by Crippen LogP contribution is -2.22. The van der Waals surface area contributed by atoms with Crippen molar-refractivity contribution in [3.63, 3.8) is 0 Å². The van der Waals surface area contributed by atoms with Crippen molar-refractivity contribution in [2.24, 2.45) is 0 Å². The quantitative estimate of drug-likeness (QED) is 0.657. The van der Waals surface area contributed by atoms with Crippen molar-refractivity contribution < 1.29 is 24.3 Å². The van der Waals surface area contributed by atoms with Gasteiger partial charge in [-0.3, -0.25) is 10.1 Å². The maximum absolute atomic E-state index is 11.0. The van der Waals surface area contributed by atoms with E-state index in [2.05, 4.69) is 0 Å². The van der Waals surface area contributed by atoms with Crippen LogP contribution in [0.1, 0.15) is 35.2 Å². The maximum atomic E-state index is 11.0. The molecule has 108 valence electrons. The van der Waals surface area contributed by atoms with E-state index in [-0.39, 0.29) is 24.1 Å². The number of carbonyl (C=O) groups is 1. The minimum absolute atomic E-state index is 0.0286. The van der Waals surface area contributed by atoms with Crippen LogP contribution >= 0.6 is 0 Å². The molecule has 0 bridgehead atoms. The van der Waals surface area contributed by atoms with E-state index in [0.717, 1.165) is 25.3 Å². The smallest absolute Gasteiger partial charge is 0.335 e. The molecular weight excluding hydrogens is 266 g/mol. The van der Waals surface area contributed by atoms with E-state index in [1.165, 1.54) is 12.1 Å². The van der Waals surface area contributed by atoms with Crippen LogP contribution in [0, 0.1) is 10.1 Å². The summed E-state index contributed by atoms with van der Waals surface area (Å²) in [5, 5.41) is 19.8. The Morgan fingerprint density at radius 2 is 2.30 bits per heavy atom. The number of benzene rings is 1. The standard InChI is InChI=1S/C13H15NO6/c15-13(16)9-4-5-10(11(7-9)14(17)18)8-20-12-3-1-2-6-19-12/h4-5,7,12H,1-3,6,8H2,(H,15,16). The van der Waals surface area contributed by atoms with Crippen molar-refractivity contribution in [3.05, 3.63) is 39.4 Å². The number of aromatic carboxylic acids is 1. The summed E-state index contributed by atoms with van der Waals surface area (Å²) < 4.78 is 10.9. The molecular formula is C13H15NO6. The molecule has 0 saturated carbocycles. The van der Waals surface area contributed by atoms with Gasteiger partial charge in [0.25, 0.3) is 5.69 Å². The van der Waals surface area contributed by atoms with Gasteiger partial charge in [0.05, 0.1) is 22.7 Å². The Kier molecular flexibility index (Phi) is 4.65. The van der Waals surface area contributed by atoms with Gasteiger partial charge in [-0.1, -0.05) is 0 Å². The maximum Gasteiger partial charge on any atom is 0.335 e. The van der Waals surface area contributed by atoms with Gasteiger partial charge in [0.15, 0.2) is 6.29 Å². The van der Waals surface area contributed by atoms with Crippen molar-refractivity contribution in [1.29, 1.82) is 0 Å². The summed E-state index contributed by atoms with van der Waals surface area (Å²) in [5.41, 5.74) is -0.0238. The van der Waals surface area contributed by atoms with Gasteiger partial charge in [-0.2, -0.15) is 0 Å². The van der Waals surface area contributed by atoms with Crippen LogP contribution in [0.4, 0.5) is 5.69 Å². The average Bonchev–Trinajstić information content (AvgIpc) is 2.45. The first-order valence-electron chi connectivity index (χ1n) is 6.32. The van der Waals surface area contributed by atoms with Gasteiger partial charge in [0.2, 0.25) is 0 Å². The molecule has 7 nitrogen and oxygen atoms in total. The molecule has 1 aliphatic rings. The topological polar surface area (TPSA) is 98.9 Å². The first-order valence-corrected chi connectivity index (χ1v) is 6.32. The van der Waals surface area contributed by atoms with Gasteiger partial charge in [0.1, 0.15) is 0 Å². The highest BCUT2D eigenvalue weighted by molar-refractivity contribution is 5.88. The van der Waals surface area contributed by atoms with Crippen LogP contribution in [-0.4, -0.2) is 28.9 Å². The van der Waals surface area contributed by atoms with E-state index in [0.29, 0.717) is 12.2 Å². The minimum atomic E-state index is -1.20. The second kappa shape index (κ2) is 6.44. The lowest BCUT2D eigenvalue weighted by atomic mass is 10.1. The zero-order valence-corrected chi connectivity index (χ0v) is 10.8. The van der Waals surface area contributed by atoms with E-state index < -0.39 is 10.9 Å². The van der Waals surface area contributed by atoms with Crippen LogP contribution in [0.2, 0.25) is 0 Å². The number of carboxylic acids is 1. The Bertz CT molecular complexity index is 510. The van der Waals surface area contributed by atoms with Crippen LogP contribution in [0.25, 0.3) is 0 Å². The third-order valence-corrected chi connectivity index (χ3v) is 3.09. The average molecular weight is 281 g/mol. The largest absolute Gasteiger partial charge is 0.478 e. The number of hydrogen-bond acceptors (Lipinski definition) is 5. The number of ether oxygens (including phenoxy) is 2. The first kappa shape index (κ1) is 14.4. The predicted octanol–water partition coefficient (Wildman–Crippen LogP) is 2.34. The molecule has 1 N–H and O–H groups in total. The summed E-state index contributed by atoms with van der Waals surface area (Å²) in [7, 11) is 0. The second-order valence-corrected chi connectivity index (χ2v) is 4.51. The van der Waals surface area contributed by atoms with E-state index >= 15 is 0 Å². The predicted molar refractivity (Wildman–Crippen MR) is 68.4 cm³/mol. The fourth-order valence-electron chi connectivity index (χ4n) is 2.01. The Hall–Kier alpha value is -1.99. The SMILES string of the molecule is O=C(O)c1ccc(COC2CCCCO2)c([N+](=O)[O-])c1. The number of rotatable bonds is 5. The molecule has 1 atom stereocenters. The van der Waals surface area contributed by atoms with Crippen molar-refractivity contribution in [1.82, 2.24) is 0 Å². The Labute approximate surface area is 115 Å². The van der Waals surface area contributed by atoms with E-state index in [1.54, 1.807) is 0 Å². The number of nitrogens with zero attached hydrogens (tertiary/aromatic N) is 1. The van der Waals surface area contributed by atoms with Crippen molar-refractivity contribution >= 4 is 11.7 Å². The molecule has 1 fully saturated rings. The van der Waals surface area contributed by atoms with E-state index in [9.17, 15) is 14.9 Å². The fourth-order valence-corrected chi connectivity index (χ4v) is 2.01. The third-order valence-electron chi connectivity index (χ3n) is 3.09. The lowest BCUT2D eigenvalue weighted by Gasteiger charge is -2.22. The summed E-state index contributed by atoms with van der Waals surface area (Å²) in [4.78, 5) is 21.2. The zero-order chi connectivity index (χ0) is 14.5. The van der Waals surface area contributed by atoms with E-state index in [1.807, 2.05) is 0 Å². The molecule has 1 aromatic rings. The van der Waals surface area contributed by atoms with Gasteiger partial charge in [-0.25, -0.2) is 4.79 Å². The molecule has 7 heteroatoms. The molecule has 1 aliphatic heterocycles. The molecule has 1 unspecified atom stereocenters. The monoisotopic (exact) mass is 281 g/mol. The highest BCUT2D eigenvalue weighted by Gasteiger charge is 2.20. The van der Waals surface area contributed by atoms with Crippen LogP contribution in [-0.2, 0) is 16.1 Å². The third kappa shape index (κ3) is 3.52. The van der Waals surface area contributed by atoms with Gasteiger partial charge < -0.3 is 14.6 Å². The molecule has 0 amide bonds. The lowest BCUT2D eigenvalue weighted by molar-refractivity contribution is -0.386. The van der Waals surface area contributed by atoms with Crippen molar-refractivity contribution in [3.8, 4) is 0 Å². The summed E-state index contributed by atoms with van der Waals surface area (Å²) in [6.07, 6.45) is 2.42. The van der Waals surface area contributed by atoms with Crippen LogP contribution < -0.4 is 0 Å². The highest BCUT2D eigenvalue weighted by atomic mass is 16.7. The molecule has 2 rings (SSSR count). The molecule has 0 spiro atoms. The fraction of sp³-hybridized carbons (Fsp3) is 0.462. The molecule has 1 aromatic carbocycles. The van der Waals surface area contributed by atoms with Crippen molar-refractivity contribution in [2.45, 2.75) is 32.2 Å². The summed E-state index contributed by atoms with van der Waals surface area (Å²) >= 11 is 0. The van der Waals surface area contributed by atoms with Crippen LogP contribution in [0.3, 0.4) is 0 Å². The molecule has 20 heavy (non-hydrogen) atoms. The number of hydrogen-bond donors (Lipinski definition) is 1.